The molecule has 0 saturated carbocycles. The monoisotopic (exact) mass is 451 g/mol. The summed E-state index contributed by atoms with van der Waals surface area (Å²) >= 11 is 3.67. The predicted molar refractivity (Wildman–Crippen MR) is 129 cm³/mol. The second kappa shape index (κ2) is 16.4. The molecule has 28 heavy (non-hydrogen) atoms. The Kier molecular flexibility index (Phi) is 15.1. The predicted octanol–water partition coefficient (Wildman–Crippen LogP) is 9.57. The minimum Gasteiger partial charge on any atom is -0.246 e. The van der Waals surface area contributed by atoms with E-state index in [2.05, 4.69) is 48.6 Å². The van der Waals surface area contributed by atoms with E-state index in [1.807, 2.05) is 0 Å². The highest BCUT2D eigenvalue weighted by Gasteiger charge is 2.10. The molecule has 0 fully saturated rings. The topological polar surface area (TPSA) is 12.9 Å². The summed E-state index contributed by atoms with van der Waals surface area (Å²) in [4.78, 5) is 4.64. The van der Waals surface area contributed by atoms with Crippen molar-refractivity contribution in [2.24, 2.45) is 0 Å². The maximum Gasteiger partial charge on any atom is 0.109 e. The number of unbranched alkanes of at least 4 members (excludes halogenated alkanes) is 15. The van der Waals surface area contributed by atoms with Crippen LogP contribution in [0.1, 0.15) is 132 Å². The Morgan fingerprint density at radius 2 is 0.964 bits per heavy atom. The number of nitrogens with zero attached hydrogens (tertiary/aromatic N) is 1. The molecule has 0 saturated heterocycles. The molecule has 1 rings (SSSR count). The zero-order valence-electron chi connectivity index (χ0n) is 19.3. The summed E-state index contributed by atoms with van der Waals surface area (Å²) in [7, 11) is 0. The van der Waals surface area contributed by atoms with Crippen LogP contribution in [0, 0.1) is 20.8 Å². The van der Waals surface area contributed by atoms with Gasteiger partial charge in [0.25, 0.3) is 0 Å². The second-order valence-corrected chi connectivity index (χ2v) is 9.52. The Balaban J connectivity index is 1.92. The fraction of sp³-hybridized carbons (Fsp3) is 0.808. The van der Waals surface area contributed by atoms with Gasteiger partial charge in [-0.15, -0.1) is 0 Å². The number of hydrogen-bond acceptors (Lipinski definition) is 1. The van der Waals surface area contributed by atoms with E-state index in [0.29, 0.717) is 0 Å². The summed E-state index contributed by atoms with van der Waals surface area (Å²) in [6.07, 6.45) is 24.0. The molecule has 0 aliphatic carbocycles. The van der Waals surface area contributed by atoms with Crippen molar-refractivity contribution in [3.05, 3.63) is 27.0 Å². The zero-order chi connectivity index (χ0) is 20.6. The molecule has 162 valence electrons. The van der Waals surface area contributed by atoms with Gasteiger partial charge in [0.2, 0.25) is 0 Å². The molecule has 0 radical (unpaired) electrons. The van der Waals surface area contributed by atoms with Crippen LogP contribution in [0.4, 0.5) is 0 Å². The van der Waals surface area contributed by atoms with E-state index in [1.165, 1.54) is 126 Å². The van der Waals surface area contributed by atoms with Crippen molar-refractivity contribution in [3.8, 4) is 0 Å². The molecule has 1 aromatic rings. The van der Waals surface area contributed by atoms with E-state index < -0.39 is 0 Å². The van der Waals surface area contributed by atoms with Crippen LogP contribution in [0.3, 0.4) is 0 Å². The van der Waals surface area contributed by atoms with E-state index in [4.69, 9.17) is 0 Å². The van der Waals surface area contributed by atoms with Crippen LogP contribution < -0.4 is 0 Å². The number of hydrogen-bond donors (Lipinski definition) is 0. The quantitative estimate of drug-likeness (QED) is 0.169. The van der Waals surface area contributed by atoms with E-state index in [-0.39, 0.29) is 0 Å². The molecule has 0 amide bonds. The van der Waals surface area contributed by atoms with Crippen LogP contribution in [-0.2, 0) is 6.42 Å². The van der Waals surface area contributed by atoms with Crippen molar-refractivity contribution in [2.45, 2.75) is 137 Å². The van der Waals surface area contributed by atoms with Gasteiger partial charge in [-0.05, 0) is 66.2 Å². The summed E-state index contributed by atoms with van der Waals surface area (Å²) in [5.41, 5.74) is 5.36. The summed E-state index contributed by atoms with van der Waals surface area (Å²) < 4.78 is 1.06. The minimum absolute atomic E-state index is 1.06. The summed E-state index contributed by atoms with van der Waals surface area (Å²) in [5.74, 6) is 0. The fourth-order valence-corrected chi connectivity index (χ4v) is 4.85. The van der Waals surface area contributed by atoms with Crippen LogP contribution in [0.25, 0.3) is 0 Å². The van der Waals surface area contributed by atoms with E-state index >= 15 is 0 Å². The number of rotatable bonds is 17. The Morgan fingerprint density at radius 3 is 1.39 bits per heavy atom. The molecular weight excluding hydrogens is 406 g/mol. The number of pyridine rings is 1. The first kappa shape index (κ1) is 25.7. The average molecular weight is 453 g/mol. The Labute approximate surface area is 184 Å². The fourth-order valence-electron chi connectivity index (χ4n) is 4.09. The first-order valence-corrected chi connectivity index (χ1v) is 13.0. The molecule has 1 aromatic heterocycles. The molecule has 0 aliphatic heterocycles. The molecule has 0 spiro atoms. The van der Waals surface area contributed by atoms with Crippen molar-refractivity contribution in [1.29, 1.82) is 0 Å². The van der Waals surface area contributed by atoms with Crippen molar-refractivity contribution < 1.29 is 0 Å². The van der Waals surface area contributed by atoms with Crippen molar-refractivity contribution in [3.63, 3.8) is 0 Å². The molecule has 0 atom stereocenters. The molecular formula is C26H46BrN. The van der Waals surface area contributed by atoms with Gasteiger partial charge in [-0.25, -0.2) is 4.98 Å². The van der Waals surface area contributed by atoms with E-state index in [1.54, 1.807) is 0 Å². The third-order valence-corrected chi connectivity index (χ3v) is 7.01. The smallest absolute Gasteiger partial charge is 0.109 e. The lowest BCUT2D eigenvalue weighted by Crippen LogP contribution is -2.00. The lowest BCUT2D eigenvalue weighted by molar-refractivity contribution is 0.529. The Bertz CT molecular complexity index is 524. The van der Waals surface area contributed by atoms with E-state index in [9.17, 15) is 0 Å². The third kappa shape index (κ3) is 11.0. The molecule has 2 heteroatoms. The van der Waals surface area contributed by atoms with Gasteiger partial charge in [0.15, 0.2) is 0 Å². The zero-order valence-corrected chi connectivity index (χ0v) is 20.9. The molecule has 0 unspecified atom stereocenters. The van der Waals surface area contributed by atoms with Crippen molar-refractivity contribution >= 4 is 15.9 Å². The van der Waals surface area contributed by atoms with Crippen LogP contribution in [-0.4, -0.2) is 4.98 Å². The highest BCUT2D eigenvalue weighted by atomic mass is 79.9. The van der Waals surface area contributed by atoms with Crippen LogP contribution in [0.2, 0.25) is 0 Å². The van der Waals surface area contributed by atoms with Gasteiger partial charge in [-0.3, -0.25) is 0 Å². The number of aryl methyl sites for hydroxylation is 1. The summed E-state index contributed by atoms with van der Waals surface area (Å²) in [6, 6.07) is 0. The normalized spacial score (nSPS) is 11.3. The van der Waals surface area contributed by atoms with Crippen LogP contribution >= 0.6 is 15.9 Å². The minimum atomic E-state index is 1.06. The van der Waals surface area contributed by atoms with Gasteiger partial charge in [-0.1, -0.05) is 103 Å². The highest BCUT2D eigenvalue weighted by Crippen LogP contribution is 2.25. The first-order chi connectivity index (χ1) is 13.6. The van der Waals surface area contributed by atoms with Gasteiger partial charge in [-0.2, -0.15) is 0 Å². The molecule has 0 N–H and O–H groups in total. The molecule has 1 heterocycles. The lowest BCUT2D eigenvalue weighted by Gasteiger charge is -2.13. The average Bonchev–Trinajstić information content (AvgIpc) is 2.68. The second-order valence-electron chi connectivity index (χ2n) is 8.77. The van der Waals surface area contributed by atoms with Gasteiger partial charge in [0, 0.05) is 5.69 Å². The Morgan fingerprint density at radius 1 is 0.571 bits per heavy atom. The lowest BCUT2D eigenvalue weighted by atomic mass is 9.99. The van der Waals surface area contributed by atoms with Crippen LogP contribution in [0.5, 0.6) is 0 Å². The van der Waals surface area contributed by atoms with E-state index in [0.717, 1.165) is 10.3 Å². The Hall–Kier alpha value is -0.370. The summed E-state index contributed by atoms with van der Waals surface area (Å²) in [6.45, 7) is 8.84. The van der Waals surface area contributed by atoms with Gasteiger partial charge >= 0.3 is 0 Å². The van der Waals surface area contributed by atoms with Crippen molar-refractivity contribution in [2.75, 3.05) is 0 Å². The maximum absolute atomic E-state index is 4.64. The van der Waals surface area contributed by atoms with Crippen LogP contribution in [0.15, 0.2) is 4.60 Å². The van der Waals surface area contributed by atoms with Gasteiger partial charge in [0.05, 0.1) is 0 Å². The summed E-state index contributed by atoms with van der Waals surface area (Å²) in [5, 5.41) is 0. The number of halogens is 1. The third-order valence-electron chi connectivity index (χ3n) is 6.35. The first-order valence-electron chi connectivity index (χ1n) is 12.2. The maximum atomic E-state index is 4.64. The van der Waals surface area contributed by atoms with Crippen molar-refractivity contribution in [1.82, 2.24) is 4.98 Å². The van der Waals surface area contributed by atoms with Gasteiger partial charge < -0.3 is 0 Å². The standard InChI is InChI=1S/C26H46BrN/c1-5-6-7-8-9-10-11-12-13-14-15-16-17-18-19-20-21-25-23(3)22(2)24(4)28-26(25)27/h5-21H2,1-4H3. The molecule has 0 aliphatic rings. The van der Waals surface area contributed by atoms with Gasteiger partial charge in [0.1, 0.15) is 4.60 Å². The number of aromatic nitrogens is 1. The molecule has 1 nitrogen and oxygen atoms in total. The largest absolute Gasteiger partial charge is 0.246 e. The molecule has 0 aromatic carbocycles. The SMILES string of the molecule is CCCCCCCCCCCCCCCCCCc1c(Br)nc(C)c(C)c1C. The highest BCUT2D eigenvalue weighted by molar-refractivity contribution is 9.10. The molecule has 0 bridgehead atoms.